The van der Waals surface area contributed by atoms with Gasteiger partial charge in [0.1, 0.15) is 11.2 Å². The van der Waals surface area contributed by atoms with Gasteiger partial charge in [0, 0.05) is 65.1 Å². The van der Waals surface area contributed by atoms with Crippen LogP contribution in [-0.4, -0.2) is 0 Å². The molecule has 12 aromatic rings. The SMILES string of the molecule is c1ccc(N(c2ccccc2)c2cc(N(c3ccccc3)c3ccc(-c4ccc5sc6ccccc6c5c4)cc3)cc(N(c3ccccc3)c3ccc4oc5ccccc5c4c3)c2)cc1. The van der Waals surface area contributed by atoms with Crippen molar-refractivity contribution in [3.63, 3.8) is 0 Å². The van der Waals surface area contributed by atoms with Crippen molar-refractivity contribution in [2.75, 3.05) is 14.7 Å². The summed E-state index contributed by atoms with van der Waals surface area (Å²) in [6.45, 7) is 0. The highest BCUT2D eigenvalue weighted by Gasteiger charge is 2.23. The van der Waals surface area contributed by atoms with Crippen LogP contribution in [0.15, 0.2) is 253 Å². The summed E-state index contributed by atoms with van der Waals surface area (Å²) in [4.78, 5) is 7.08. The van der Waals surface area contributed by atoms with Gasteiger partial charge in [-0.15, -0.1) is 11.3 Å². The lowest BCUT2D eigenvalue weighted by Gasteiger charge is -2.33. The second kappa shape index (κ2) is 16.4. The number of rotatable bonds is 10. The largest absolute Gasteiger partial charge is 0.456 e. The summed E-state index contributed by atoms with van der Waals surface area (Å²) >= 11 is 1.85. The molecule has 2 heterocycles. The van der Waals surface area contributed by atoms with Gasteiger partial charge in [0.2, 0.25) is 0 Å². The second-order valence-corrected chi connectivity index (χ2v) is 17.3. The highest BCUT2D eigenvalue weighted by atomic mass is 32.1. The first-order valence-electron chi connectivity index (χ1n) is 21.9. The molecule has 0 saturated heterocycles. The molecule has 0 fully saturated rings. The van der Waals surface area contributed by atoms with E-state index in [1.807, 2.05) is 23.5 Å². The first-order valence-corrected chi connectivity index (χ1v) is 22.7. The van der Waals surface area contributed by atoms with E-state index in [1.54, 1.807) is 0 Å². The van der Waals surface area contributed by atoms with Gasteiger partial charge < -0.3 is 19.1 Å². The Balaban J connectivity index is 1.07. The number of hydrogen-bond acceptors (Lipinski definition) is 5. The van der Waals surface area contributed by atoms with Crippen molar-refractivity contribution in [2.24, 2.45) is 0 Å². The minimum Gasteiger partial charge on any atom is -0.456 e. The maximum Gasteiger partial charge on any atom is 0.135 e. The number of furan rings is 1. The van der Waals surface area contributed by atoms with E-state index >= 15 is 0 Å². The zero-order valence-electron chi connectivity index (χ0n) is 35.3. The van der Waals surface area contributed by atoms with Gasteiger partial charge >= 0.3 is 0 Å². The minimum absolute atomic E-state index is 0.860. The van der Waals surface area contributed by atoms with Gasteiger partial charge in [-0.05, 0) is 132 Å². The number of benzene rings is 10. The Hall–Kier alpha value is -8.38. The van der Waals surface area contributed by atoms with Crippen LogP contribution in [0, 0.1) is 0 Å². The average molecular weight is 852 g/mol. The van der Waals surface area contributed by atoms with Crippen LogP contribution in [-0.2, 0) is 0 Å². The second-order valence-electron chi connectivity index (χ2n) is 16.2. The van der Waals surface area contributed by atoms with Crippen molar-refractivity contribution in [2.45, 2.75) is 0 Å². The molecule has 4 nitrogen and oxygen atoms in total. The highest BCUT2D eigenvalue weighted by molar-refractivity contribution is 7.25. The molecule has 65 heavy (non-hydrogen) atoms. The summed E-state index contributed by atoms with van der Waals surface area (Å²) in [5, 5.41) is 4.77. The summed E-state index contributed by atoms with van der Waals surface area (Å²) < 4.78 is 8.95. The predicted octanol–water partition coefficient (Wildman–Crippen LogP) is 18.0. The van der Waals surface area contributed by atoms with E-state index in [9.17, 15) is 0 Å². The molecule has 308 valence electrons. The average Bonchev–Trinajstić information content (AvgIpc) is 3.94. The van der Waals surface area contributed by atoms with Gasteiger partial charge in [0.15, 0.2) is 0 Å². The number of anilines is 9. The van der Waals surface area contributed by atoms with Crippen molar-refractivity contribution in [3.05, 3.63) is 249 Å². The van der Waals surface area contributed by atoms with Crippen LogP contribution >= 0.6 is 11.3 Å². The molecule has 0 atom stereocenters. The molecule has 0 aliphatic rings. The lowest BCUT2D eigenvalue weighted by atomic mass is 10.0. The smallest absolute Gasteiger partial charge is 0.135 e. The lowest BCUT2D eigenvalue weighted by molar-refractivity contribution is 0.669. The van der Waals surface area contributed by atoms with E-state index in [4.69, 9.17) is 4.42 Å². The fraction of sp³-hybridized carbons (Fsp3) is 0. The maximum atomic E-state index is 6.33. The molecule has 0 amide bonds. The Labute approximate surface area is 381 Å². The molecule has 10 aromatic carbocycles. The third kappa shape index (κ3) is 7.14. The molecule has 0 N–H and O–H groups in total. The first kappa shape index (κ1) is 38.3. The number of thiophene rings is 1. The molecular formula is C60H41N3OS. The van der Waals surface area contributed by atoms with Crippen LogP contribution in [0.5, 0.6) is 0 Å². The lowest BCUT2D eigenvalue weighted by Crippen LogP contribution is -2.16. The molecule has 0 aliphatic heterocycles. The van der Waals surface area contributed by atoms with Crippen molar-refractivity contribution >= 4 is 105 Å². The van der Waals surface area contributed by atoms with Crippen molar-refractivity contribution in [3.8, 4) is 11.1 Å². The molecule has 0 saturated carbocycles. The van der Waals surface area contributed by atoms with Gasteiger partial charge in [0.05, 0.1) is 17.1 Å². The minimum atomic E-state index is 0.860. The fourth-order valence-corrected chi connectivity index (χ4v) is 10.3. The Bertz CT molecular complexity index is 3570. The van der Waals surface area contributed by atoms with Crippen molar-refractivity contribution in [1.29, 1.82) is 0 Å². The molecule has 2 aromatic heterocycles. The number of fused-ring (bicyclic) bond motifs is 6. The van der Waals surface area contributed by atoms with E-state index in [1.165, 1.54) is 31.3 Å². The number of nitrogens with zero attached hydrogens (tertiary/aromatic N) is 3. The third-order valence-corrected chi connectivity index (χ3v) is 13.3. The standard InChI is InChI=1S/C60H41N3OS/c1-5-17-44(18-6-1)61(45-19-7-2-8-20-45)50-38-51(40-52(39-50)63(47-23-11-4-12-24-47)49-34-35-58-55(41-49)53-25-13-15-27-57(53)64-58)62(46-21-9-3-10-22-46)48-32-29-42(30-33-48)43-31-36-60-56(37-43)54-26-14-16-28-59(54)65-60/h1-41H. The van der Waals surface area contributed by atoms with Crippen molar-refractivity contribution < 1.29 is 4.42 Å². The predicted molar refractivity (Wildman–Crippen MR) is 276 cm³/mol. The zero-order chi connectivity index (χ0) is 43.1. The molecule has 0 unspecified atom stereocenters. The Morgan fingerprint density at radius 3 is 1.23 bits per heavy atom. The summed E-state index contributed by atoms with van der Waals surface area (Å²) in [7, 11) is 0. The summed E-state index contributed by atoms with van der Waals surface area (Å²) in [5.41, 5.74) is 13.4. The van der Waals surface area contributed by atoms with Crippen LogP contribution in [0.25, 0.3) is 53.2 Å². The fourth-order valence-electron chi connectivity index (χ4n) is 9.18. The molecular weight excluding hydrogens is 811 g/mol. The van der Waals surface area contributed by atoms with E-state index in [0.717, 1.165) is 73.1 Å². The summed E-state index contributed by atoms with van der Waals surface area (Å²) in [5.74, 6) is 0. The van der Waals surface area contributed by atoms with Gasteiger partial charge in [-0.1, -0.05) is 127 Å². The van der Waals surface area contributed by atoms with Crippen LogP contribution in [0.2, 0.25) is 0 Å². The highest BCUT2D eigenvalue weighted by Crippen LogP contribution is 2.47. The Morgan fingerprint density at radius 1 is 0.246 bits per heavy atom. The van der Waals surface area contributed by atoms with Crippen LogP contribution < -0.4 is 14.7 Å². The monoisotopic (exact) mass is 851 g/mol. The summed E-state index contributed by atoms with van der Waals surface area (Å²) in [6.07, 6.45) is 0. The summed E-state index contributed by atoms with van der Waals surface area (Å²) in [6, 6.07) is 88.9. The van der Waals surface area contributed by atoms with E-state index in [0.29, 0.717) is 0 Å². The van der Waals surface area contributed by atoms with Crippen molar-refractivity contribution in [1.82, 2.24) is 0 Å². The first-order chi connectivity index (χ1) is 32.2. The number of hydrogen-bond donors (Lipinski definition) is 0. The number of para-hydroxylation sites is 5. The molecule has 12 rings (SSSR count). The topological polar surface area (TPSA) is 22.9 Å². The molecule has 5 heteroatoms. The Kier molecular flexibility index (Phi) is 9.66. The van der Waals surface area contributed by atoms with Gasteiger partial charge in [0.25, 0.3) is 0 Å². The molecule has 0 aliphatic carbocycles. The van der Waals surface area contributed by atoms with E-state index in [2.05, 4.69) is 251 Å². The van der Waals surface area contributed by atoms with Crippen LogP contribution in [0.1, 0.15) is 0 Å². The van der Waals surface area contributed by atoms with Gasteiger partial charge in [-0.25, -0.2) is 0 Å². The maximum absolute atomic E-state index is 6.33. The van der Waals surface area contributed by atoms with Gasteiger partial charge in [-0.3, -0.25) is 0 Å². The quantitative estimate of drug-likeness (QED) is 0.137. The van der Waals surface area contributed by atoms with E-state index < -0.39 is 0 Å². The molecule has 0 spiro atoms. The molecule has 0 radical (unpaired) electrons. The third-order valence-electron chi connectivity index (χ3n) is 12.2. The van der Waals surface area contributed by atoms with Crippen LogP contribution in [0.3, 0.4) is 0 Å². The van der Waals surface area contributed by atoms with Gasteiger partial charge in [-0.2, -0.15) is 0 Å². The van der Waals surface area contributed by atoms with E-state index in [-0.39, 0.29) is 0 Å². The molecule has 0 bridgehead atoms. The normalized spacial score (nSPS) is 11.4. The Morgan fingerprint density at radius 2 is 0.662 bits per heavy atom. The zero-order valence-corrected chi connectivity index (χ0v) is 36.1. The van der Waals surface area contributed by atoms with Crippen LogP contribution in [0.4, 0.5) is 51.2 Å².